The molecule has 0 bridgehead atoms. The SMILES string of the molecule is CC1(C)COCCN1C(=O)c1cc(Br)c(Br)s1. The lowest BCUT2D eigenvalue weighted by atomic mass is 10.0. The zero-order valence-corrected chi connectivity index (χ0v) is 13.6. The van der Waals surface area contributed by atoms with Crippen LogP contribution in [0.1, 0.15) is 23.5 Å². The minimum Gasteiger partial charge on any atom is -0.377 e. The van der Waals surface area contributed by atoms with Crippen molar-refractivity contribution in [2.75, 3.05) is 19.8 Å². The van der Waals surface area contributed by atoms with E-state index >= 15 is 0 Å². The van der Waals surface area contributed by atoms with Crippen molar-refractivity contribution < 1.29 is 9.53 Å². The van der Waals surface area contributed by atoms with E-state index in [4.69, 9.17) is 4.74 Å². The molecule has 6 heteroatoms. The summed E-state index contributed by atoms with van der Waals surface area (Å²) in [5, 5.41) is 0. The van der Waals surface area contributed by atoms with Crippen molar-refractivity contribution in [2.24, 2.45) is 0 Å². The van der Waals surface area contributed by atoms with Gasteiger partial charge in [-0.1, -0.05) is 0 Å². The van der Waals surface area contributed by atoms with Crippen LogP contribution >= 0.6 is 43.2 Å². The van der Waals surface area contributed by atoms with E-state index in [2.05, 4.69) is 31.9 Å². The van der Waals surface area contributed by atoms with Gasteiger partial charge in [-0.3, -0.25) is 4.79 Å². The Hall–Kier alpha value is 0.0900. The molecule has 3 nitrogen and oxygen atoms in total. The summed E-state index contributed by atoms with van der Waals surface area (Å²) in [5.74, 6) is 0.0784. The summed E-state index contributed by atoms with van der Waals surface area (Å²) in [5.41, 5.74) is -0.238. The van der Waals surface area contributed by atoms with Crippen LogP contribution in [0.4, 0.5) is 0 Å². The van der Waals surface area contributed by atoms with E-state index in [0.29, 0.717) is 19.8 Å². The predicted molar refractivity (Wildman–Crippen MR) is 75.7 cm³/mol. The maximum Gasteiger partial charge on any atom is 0.264 e. The van der Waals surface area contributed by atoms with Crippen molar-refractivity contribution in [2.45, 2.75) is 19.4 Å². The summed E-state index contributed by atoms with van der Waals surface area (Å²) in [6.07, 6.45) is 0. The van der Waals surface area contributed by atoms with Crippen LogP contribution in [0.5, 0.6) is 0 Å². The predicted octanol–water partition coefficient (Wildman–Crippen LogP) is 3.52. The summed E-state index contributed by atoms with van der Waals surface area (Å²) in [6.45, 7) is 5.91. The fraction of sp³-hybridized carbons (Fsp3) is 0.545. The molecule has 0 saturated carbocycles. The molecule has 1 saturated heterocycles. The van der Waals surface area contributed by atoms with Crippen LogP contribution in [0.15, 0.2) is 14.3 Å². The van der Waals surface area contributed by atoms with Crippen molar-refractivity contribution in [3.05, 3.63) is 19.2 Å². The van der Waals surface area contributed by atoms with Crippen molar-refractivity contribution in [3.8, 4) is 0 Å². The van der Waals surface area contributed by atoms with Gasteiger partial charge in [0.15, 0.2) is 0 Å². The Morgan fingerprint density at radius 2 is 2.24 bits per heavy atom. The largest absolute Gasteiger partial charge is 0.377 e. The van der Waals surface area contributed by atoms with Gasteiger partial charge < -0.3 is 9.64 Å². The van der Waals surface area contributed by atoms with Crippen LogP contribution in [0.2, 0.25) is 0 Å². The van der Waals surface area contributed by atoms with Gasteiger partial charge >= 0.3 is 0 Å². The molecule has 0 aromatic carbocycles. The highest BCUT2D eigenvalue weighted by molar-refractivity contribution is 9.13. The topological polar surface area (TPSA) is 29.5 Å². The Kier molecular flexibility index (Phi) is 3.97. The molecule has 0 aliphatic carbocycles. The van der Waals surface area contributed by atoms with Crippen molar-refractivity contribution in [1.29, 1.82) is 0 Å². The summed E-state index contributed by atoms with van der Waals surface area (Å²) < 4.78 is 7.30. The molecule has 1 aromatic heterocycles. The summed E-state index contributed by atoms with van der Waals surface area (Å²) in [7, 11) is 0. The quantitative estimate of drug-likeness (QED) is 0.743. The molecule has 0 atom stereocenters. The average molecular weight is 383 g/mol. The number of hydrogen-bond donors (Lipinski definition) is 0. The number of rotatable bonds is 1. The van der Waals surface area contributed by atoms with E-state index < -0.39 is 0 Å². The highest BCUT2D eigenvalue weighted by Crippen LogP contribution is 2.34. The van der Waals surface area contributed by atoms with Crippen LogP contribution in [-0.2, 0) is 4.74 Å². The van der Waals surface area contributed by atoms with Gasteiger partial charge in [0.25, 0.3) is 5.91 Å². The van der Waals surface area contributed by atoms with Crippen molar-refractivity contribution in [3.63, 3.8) is 0 Å². The number of hydrogen-bond acceptors (Lipinski definition) is 3. The van der Waals surface area contributed by atoms with Crippen molar-refractivity contribution >= 4 is 49.1 Å². The van der Waals surface area contributed by atoms with Gasteiger partial charge in [0.1, 0.15) is 0 Å². The van der Waals surface area contributed by atoms with E-state index in [0.717, 1.165) is 13.1 Å². The molecular formula is C11H13Br2NO2S. The monoisotopic (exact) mass is 381 g/mol. The van der Waals surface area contributed by atoms with Gasteiger partial charge in [0.2, 0.25) is 0 Å². The molecule has 1 amide bonds. The normalized spacial score (nSPS) is 19.4. The zero-order valence-electron chi connectivity index (χ0n) is 9.63. The van der Waals surface area contributed by atoms with E-state index in [1.54, 1.807) is 0 Å². The fourth-order valence-corrected chi connectivity index (χ4v) is 3.80. The van der Waals surface area contributed by atoms with Crippen LogP contribution in [0.25, 0.3) is 0 Å². The average Bonchev–Trinajstić information content (AvgIpc) is 2.58. The Bertz CT molecular complexity index is 425. The number of halogens is 2. The van der Waals surface area contributed by atoms with Gasteiger partial charge in [0.05, 0.1) is 27.4 Å². The summed E-state index contributed by atoms with van der Waals surface area (Å²) in [4.78, 5) is 15.1. The number of ether oxygens (including phenoxy) is 1. The lowest BCUT2D eigenvalue weighted by Gasteiger charge is -2.41. The highest BCUT2D eigenvalue weighted by atomic mass is 79.9. The molecule has 1 aromatic rings. The number of carbonyl (C=O) groups excluding carboxylic acids is 1. The first-order chi connectivity index (χ1) is 7.92. The standard InChI is InChI=1S/C11H13Br2NO2S/c1-11(2)6-16-4-3-14(11)10(15)8-5-7(12)9(13)17-8/h5H,3-4,6H2,1-2H3. The maximum absolute atomic E-state index is 12.4. The lowest BCUT2D eigenvalue weighted by molar-refractivity contribution is -0.0368. The molecule has 1 fully saturated rings. The van der Waals surface area contributed by atoms with Gasteiger partial charge in [-0.05, 0) is 51.8 Å². The second-order valence-corrected chi connectivity index (χ2v) is 7.78. The molecule has 0 N–H and O–H groups in total. The van der Waals surface area contributed by atoms with Crippen LogP contribution in [0, 0.1) is 0 Å². The molecule has 1 aliphatic rings. The first kappa shape index (κ1) is 13.5. The van der Waals surface area contributed by atoms with Crippen LogP contribution < -0.4 is 0 Å². The molecular weight excluding hydrogens is 370 g/mol. The zero-order chi connectivity index (χ0) is 12.6. The van der Waals surface area contributed by atoms with E-state index in [-0.39, 0.29) is 11.4 Å². The maximum atomic E-state index is 12.4. The molecule has 2 heterocycles. The van der Waals surface area contributed by atoms with E-state index in [1.807, 2.05) is 24.8 Å². The Morgan fingerprint density at radius 1 is 1.53 bits per heavy atom. The molecule has 94 valence electrons. The second kappa shape index (κ2) is 4.99. The molecule has 17 heavy (non-hydrogen) atoms. The van der Waals surface area contributed by atoms with Crippen molar-refractivity contribution in [1.82, 2.24) is 4.90 Å². The number of morpholine rings is 1. The van der Waals surface area contributed by atoms with E-state index in [9.17, 15) is 4.79 Å². The fourth-order valence-electron chi connectivity index (χ4n) is 1.82. The highest BCUT2D eigenvalue weighted by Gasteiger charge is 2.35. The minimum absolute atomic E-state index is 0.0784. The molecule has 1 aliphatic heterocycles. The van der Waals surface area contributed by atoms with Gasteiger partial charge in [-0.25, -0.2) is 0 Å². The molecule has 0 radical (unpaired) electrons. The van der Waals surface area contributed by atoms with E-state index in [1.165, 1.54) is 11.3 Å². The summed E-state index contributed by atoms with van der Waals surface area (Å²) in [6, 6.07) is 1.86. The van der Waals surface area contributed by atoms with Gasteiger partial charge in [-0.15, -0.1) is 11.3 Å². The Labute approximate surface area is 121 Å². The third kappa shape index (κ3) is 2.75. The third-order valence-corrected chi connectivity index (χ3v) is 5.99. The van der Waals surface area contributed by atoms with Crippen LogP contribution in [0.3, 0.4) is 0 Å². The number of thiophene rings is 1. The smallest absolute Gasteiger partial charge is 0.264 e. The number of carbonyl (C=O) groups is 1. The minimum atomic E-state index is -0.238. The number of amides is 1. The third-order valence-electron chi connectivity index (χ3n) is 2.75. The Morgan fingerprint density at radius 3 is 2.76 bits per heavy atom. The first-order valence-electron chi connectivity index (χ1n) is 5.26. The lowest BCUT2D eigenvalue weighted by Crippen LogP contribution is -2.55. The number of nitrogens with zero attached hydrogens (tertiary/aromatic N) is 1. The van der Waals surface area contributed by atoms with Gasteiger partial charge in [-0.2, -0.15) is 0 Å². The Balaban J connectivity index is 2.24. The first-order valence-corrected chi connectivity index (χ1v) is 7.66. The van der Waals surface area contributed by atoms with Gasteiger partial charge in [0, 0.05) is 11.0 Å². The van der Waals surface area contributed by atoms with Crippen LogP contribution in [-0.4, -0.2) is 36.1 Å². The molecule has 0 spiro atoms. The molecule has 0 unspecified atom stereocenters. The second-order valence-electron chi connectivity index (χ2n) is 4.55. The summed E-state index contributed by atoms with van der Waals surface area (Å²) >= 11 is 8.27. The molecule has 2 rings (SSSR count).